The van der Waals surface area contributed by atoms with Gasteiger partial charge >= 0.3 is 0 Å². The predicted molar refractivity (Wildman–Crippen MR) is 92.3 cm³/mol. The molecule has 0 aliphatic carbocycles. The number of nitrogens with one attached hydrogen (secondary N) is 1. The van der Waals surface area contributed by atoms with Crippen molar-refractivity contribution in [3.05, 3.63) is 20.8 Å². The van der Waals surface area contributed by atoms with Gasteiger partial charge < -0.3 is 11.1 Å². The number of primary amides is 1. The Morgan fingerprint density at radius 3 is 2.75 bits per heavy atom. The van der Waals surface area contributed by atoms with Crippen molar-refractivity contribution in [2.24, 2.45) is 5.73 Å². The number of hydrogen-bond acceptors (Lipinski definition) is 5. The summed E-state index contributed by atoms with van der Waals surface area (Å²) in [5.74, 6) is 2.47. The predicted octanol–water partition coefficient (Wildman–Crippen LogP) is 2.47. The second kappa shape index (κ2) is 10.5. The summed E-state index contributed by atoms with van der Waals surface area (Å²) in [5, 5.41) is 2.87. The average Bonchev–Trinajstić information content (AvgIpc) is 2.80. The van der Waals surface area contributed by atoms with Gasteiger partial charge in [-0.05, 0) is 28.1 Å². The molecule has 3 N–H and O–H groups in total. The molecule has 0 aliphatic rings. The molecule has 0 saturated heterocycles. The van der Waals surface area contributed by atoms with Gasteiger partial charge in [0.2, 0.25) is 11.8 Å². The van der Waals surface area contributed by atoms with Crippen molar-refractivity contribution in [2.45, 2.75) is 12.2 Å². The minimum Gasteiger partial charge on any atom is -0.369 e. The average molecular weight is 397 g/mol. The summed E-state index contributed by atoms with van der Waals surface area (Å²) in [6.07, 6.45) is 0.431. The summed E-state index contributed by atoms with van der Waals surface area (Å²) in [6.45, 7) is 0.677. The number of nitrogens with two attached hydrogens (primary N) is 1. The van der Waals surface area contributed by atoms with Crippen LogP contribution in [0.5, 0.6) is 0 Å². The molecule has 0 unspecified atom stereocenters. The summed E-state index contributed by atoms with van der Waals surface area (Å²) >= 11 is 8.36. The standard InChI is InChI=1S/C12H17BrN2O2S3/c13-10-2-1-9(20-10)7-19-6-4-15-12(17)3-5-18-8-11(14)16/h1-2H,3-8H2,(H2,14,16)(H,15,17). The molecule has 0 saturated carbocycles. The summed E-state index contributed by atoms with van der Waals surface area (Å²) in [6, 6.07) is 4.16. The second-order valence-corrected chi connectivity index (χ2v) is 8.64. The zero-order chi connectivity index (χ0) is 14.8. The maximum Gasteiger partial charge on any atom is 0.227 e. The number of carbonyl (C=O) groups is 2. The van der Waals surface area contributed by atoms with Gasteiger partial charge in [0.15, 0.2) is 0 Å². The minimum absolute atomic E-state index is 0.0291. The van der Waals surface area contributed by atoms with Crippen molar-refractivity contribution < 1.29 is 9.59 Å². The number of thiophene rings is 1. The van der Waals surface area contributed by atoms with E-state index >= 15 is 0 Å². The van der Waals surface area contributed by atoms with Crippen molar-refractivity contribution in [1.82, 2.24) is 5.32 Å². The van der Waals surface area contributed by atoms with Gasteiger partial charge in [0, 0.05) is 35.1 Å². The first-order chi connectivity index (χ1) is 9.58. The lowest BCUT2D eigenvalue weighted by atomic mass is 10.4. The van der Waals surface area contributed by atoms with Crippen LogP contribution in [0.2, 0.25) is 0 Å². The molecule has 1 aromatic heterocycles. The smallest absolute Gasteiger partial charge is 0.227 e. The number of carbonyl (C=O) groups excluding carboxylic acids is 2. The van der Waals surface area contributed by atoms with Gasteiger partial charge in [0.1, 0.15) is 0 Å². The van der Waals surface area contributed by atoms with Crippen LogP contribution in [0.1, 0.15) is 11.3 Å². The van der Waals surface area contributed by atoms with Crippen LogP contribution in [0.3, 0.4) is 0 Å². The molecule has 2 amide bonds. The van der Waals surface area contributed by atoms with Crippen LogP contribution in [0.25, 0.3) is 0 Å². The molecule has 0 aromatic carbocycles. The van der Waals surface area contributed by atoms with E-state index in [1.807, 2.05) is 6.07 Å². The number of halogens is 1. The first-order valence-electron chi connectivity index (χ1n) is 6.02. The molecule has 112 valence electrons. The normalized spacial score (nSPS) is 10.4. The largest absolute Gasteiger partial charge is 0.369 e. The third-order valence-corrected chi connectivity index (χ3v) is 5.96. The molecule has 0 spiro atoms. The molecule has 1 heterocycles. The van der Waals surface area contributed by atoms with Crippen LogP contribution < -0.4 is 11.1 Å². The molecule has 0 atom stereocenters. The third kappa shape index (κ3) is 8.89. The van der Waals surface area contributed by atoms with Crippen LogP contribution >= 0.6 is 50.8 Å². The monoisotopic (exact) mass is 396 g/mol. The van der Waals surface area contributed by atoms with Gasteiger partial charge in [-0.3, -0.25) is 9.59 Å². The van der Waals surface area contributed by atoms with E-state index in [0.717, 1.165) is 15.3 Å². The van der Waals surface area contributed by atoms with Gasteiger partial charge in [-0.15, -0.1) is 11.3 Å². The Bertz CT molecular complexity index is 440. The summed E-state index contributed by atoms with van der Waals surface area (Å²) in [7, 11) is 0. The molecular weight excluding hydrogens is 380 g/mol. The van der Waals surface area contributed by atoms with Crippen LogP contribution in [-0.2, 0) is 15.3 Å². The highest BCUT2D eigenvalue weighted by Crippen LogP contribution is 2.25. The molecular formula is C12H17BrN2O2S3. The number of thioether (sulfide) groups is 2. The number of hydrogen-bond donors (Lipinski definition) is 2. The summed E-state index contributed by atoms with van der Waals surface area (Å²) < 4.78 is 1.15. The fourth-order valence-electron chi connectivity index (χ4n) is 1.29. The lowest BCUT2D eigenvalue weighted by Gasteiger charge is -2.04. The summed E-state index contributed by atoms with van der Waals surface area (Å²) in [4.78, 5) is 23.3. The minimum atomic E-state index is -0.341. The van der Waals surface area contributed by atoms with Gasteiger partial charge in [-0.25, -0.2) is 0 Å². The van der Waals surface area contributed by atoms with Crippen LogP contribution in [0, 0.1) is 0 Å². The van der Waals surface area contributed by atoms with E-state index in [-0.39, 0.29) is 17.6 Å². The van der Waals surface area contributed by atoms with E-state index in [4.69, 9.17) is 5.73 Å². The Hall–Kier alpha value is -0.180. The van der Waals surface area contributed by atoms with Gasteiger partial charge in [-0.1, -0.05) is 0 Å². The molecule has 0 radical (unpaired) electrons. The molecule has 1 rings (SSSR count). The van der Waals surface area contributed by atoms with E-state index in [9.17, 15) is 9.59 Å². The fraction of sp³-hybridized carbons (Fsp3) is 0.500. The SMILES string of the molecule is NC(=O)CSCCC(=O)NCCSCc1ccc(Br)s1. The molecule has 20 heavy (non-hydrogen) atoms. The van der Waals surface area contributed by atoms with E-state index < -0.39 is 0 Å². The Morgan fingerprint density at radius 2 is 2.10 bits per heavy atom. The van der Waals surface area contributed by atoms with Gasteiger partial charge in [0.05, 0.1) is 9.54 Å². The maximum absolute atomic E-state index is 11.5. The van der Waals surface area contributed by atoms with Crippen LogP contribution in [0.4, 0.5) is 0 Å². The van der Waals surface area contributed by atoms with Crippen molar-refractivity contribution in [3.8, 4) is 0 Å². The Kier molecular flexibility index (Phi) is 9.41. The third-order valence-electron chi connectivity index (χ3n) is 2.16. The van der Waals surface area contributed by atoms with Crippen molar-refractivity contribution in [3.63, 3.8) is 0 Å². The molecule has 1 aromatic rings. The first-order valence-corrected chi connectivity index (χ1v) is 9.94. The Balaban J connectivity index is 1.95. The number of amides is 2. The molecule has 0 fully saturated rings. The van der Waals surface area contributed by atoms with Gasteiger partial charge in [0.25, 0.3) is 0 Å². The lowest BCUT2D eigenvalue weighted by molar-refractivity contribution is -0.120. The highest BCUT2D eigenvalue weighted by molar-refractivity contribution is 9.11. The van der Waals surface area contributed by atoms with E-state index in [1.165, 1.54) is 16.6 Å². The lowest BCUT2D eigenvalue weighted by Crippen LogP contribution is -2.26. The molecule has 0 bridgehead atoms. The quantitative estimate of drug-likeness (QED) is 0.595. The zero-order valence-electron chi connectivity index (χ0n) is 10.9. The topological polar surface area (TPSA) is 72.2 Å². The van der Waals surface area contributed by atoms with Crippen molar-refractivity contribution in [1.29, 1.82) is 0 Å². The van der Waals surface area contributed by atoms with Crippen LogP contribution in [-0.4, -0.2) is 35.6 Å². The zero-order valence-corrected chi connectivity index (χ0v) is 14.9. The Morgan fingerprint density at radius 1 is 1.30 bits per heavy atom. The van der Waals surface area contributed by atoms with E-state index in [1.54, 1.807) is 23.1 Å². The molecule has 0 aliphatic heterocycles. The fourth-order valence-corrected chi connectivity index (χ4v) is 4.42. The number of rotatable bonds is 10. The highest BCUT2D eigenvalue weighted by atomic mass is 79.9. The summed E-state index contributed by atoms with van der Waals surface area (Å²) in [5.41, 5.74) is 5.01. The Labute approximate surface area is 139 Å². The first kappa shape index (κ1) is 17.9. The van der Waals surface area contributed by atoms with E-state index in [2.05, 4.69) is 27.3 Å². The maximum atomic E-state index is 11.5. The molecule has 8 heteroatoms. The van der Waals surface area contributed by atoms with Crippen LogP contribution in [0.15, 0.2) is 15.9 Å². The molecule has 4 nitrogen and oxygen atoms in total. The highest BCUT2D eigenvalue weighted by Gasteiger charge is 2.02. The van der Waals surface area contributed by atoms with E-state index in [0.29, 0.717) is 18.7 Å². The second-order valence-electron chi connectivity index (χ2n) is 3.88. The van der Waals surface area contributed by atoms with Gasteiger partial charge in [-0.2, -0.15) is 23.5 Å². The van der Waals surface area contributed by atoms with Crippen molar-refractivity contribution in [2.75, 3.05) is 23.8 Å². The van der Waals surface area contributed by atoms with Crippen molar-refractivity contribution >= 4 is 62.6 Å².